The molecule has 0 bridgehead atoms. The van der Waals surface area contributed by atoms with Crippen molar-refractivity contribution in [1.29, 1.82) is 0 Å². The summed E-state index contributed by atoms with van der Waals surface area (Å²) >= 11 is 1.35. The van der Waals surface area contributed by atoms with E-state index in [9.17, 15) is 9.59 Å². The predicted octanol–water partition coefficient (Wildman–Crippen LogP) is 0.828. The number of nitrogens with one attached hydrogen (secondary N) is 1. The monoisotopic (exact) mass is 228 g/mol. The second-order valence-electron chi connectivity index (χ2n) is 3.05. The lowest BCUT2D eigenvalue weighted by Crippen LogP contribution is -2.22. The van der Waals surface area contributed by atoms with Gasteiger partial charge < -0.3 is 10.4 Å². The predicted molar refractivity (Wildman–Crippen MR) is 56.2 cm³/mol. The molecule has 1 aromatic rings. The number of hydrogen-bond donors (Lipinski definition) is 2. The largest absolute Gasteiger partial charge is 0.476 e. The number of carbonyl (C=O) groups excluding carboxylic acids is 1. The maximum absolute atomic E-state index is 10.7. The molecule has 1 amide bonds. The zero-order valence-electron chi connectivity index (χ0n) is 8.53. The zero-order valence-corrected chi connectivity index (χ0v) is 9.35. The van der Waals surface area contributed by atoms with Crippen molar-refractivity contribution >= 4 is 23.2 Å². The van der Waals surface area contributed by atoms with Gasteiger partial charge in [-0.25, -0.2) is 9.78 Å². The van der Waals surface area contributed by atoms with Crippen molar-refractivity contribution < 1.29 is 14.7 Å². The van der Waals surface area contributed by atoms with E-state index in [1.54, 1.807) is 6.92 Å². The third kappa shape index (κ3) is 3.32. The summed E-state index contributed by atoms with van der Waals surface area (Å²) in [6.45, 7) is 3.65. The van der Waals surface area contributed by atoms with Gasteiger partial charge in [0.15, 0.2) is 5.69 Å². The van der Waals surface area contributed by atoms with E-state index in [0.29, 0.717) is 17.8 Å². The molecular weight excluding hydrogens is 216 g/mol. The molecule has 1 aromatic heterocycles. The van der Waals surface area contributed by atoms with E-state index in [-0.39, 0.29) is 11.6 Å². The van der Waals surface area contributed by atoms with Crippen LogP contribution >= 0.6 is 11.3 Å². The molecular formula is C9H12N2O3S. The van der Waals surface area contributed by atoms with Gasteiger partial charge in [0.2, 0.25) is 5.91 Å². The van der Waals surface area contributed by atoms with Gasteiger partial charge in [-0.3, -0.25) is 4.79 Å². The number of nitrogens with zero attached hydrogens (tertiary/aromatic N) is 1. The molecule has 0 aliphatic heterocycles. The molecule has 0 spiro atoms. The summed E-state index contributed by atoms with van der Waals surface area (Å²) in [6, 6.07) is 0. The number of hydrogen-bond acceptors (Lipinski definition) is 4. The summed E-state index contributed by atoms with van der Waals surface area (Å²) in [5.74, 6) is -1.10. The third-order valence-corrected chi connectivity index (χ3v) is 2.79. The van der Waals surface area contributed by atoms with Gasteiger partial charge in [-0.15, -0.1) is 11.3 Å². The molecule has 0 atom stereocenters. The highest BCUT2D eigenvalue weighted by atomic mass is 32.1. The third-order valence-electron chi connectivity index (χ3n) is 1.76. The maximum Gasteiger partial charge on any atom is 0.355 e. The van der Waals surface area contributed by atoms with Crippen molar-refractivity contribution in [2.75, 3.05) is 6.54 Å². The Morgan fingerprint density at radius 2 is 2.20 bits per heavy atom. The van der Waals surface area contributed by atoms with Gasteiger partial charge in [-0.1, -0.05) is 0 Å². The van der Waals surface area contributed by atoms with Crippen LogP contribution in [0.3, 0.4) is 0 Å². The van der Waals surface area contributed by atoms with Gasteiger partial charge >= 0.3 is 5.97 Å². The molecule has 0 unspecified atom stereocenters. The standard InChI is InChI=1S/C9H12N2O3S/c1-5-8(9(13)14)11-7(15-5)3-4-10-6(2)12/h3-4H2,1-2H3,(H,10,12)(H,13,14). The highest BCUT2D eigenvalue weighted by Crippen LogP contribution is 2.17. The Labute approximate surface area is 91.1 Å². The van der Waals surface area contributed by atoms with Crippen molar-refractivity contribution in [2.24, 2.45) is 0 Å². The van der Waals surface area contributed by atoms with Crippen LogP contribution in [0.2, 0.25) is 0 Å². The fourth-order valence-electron chi connectivity index (χ4n) is 1.10. The lowest BCUT2D eigenvalue weighted by molar-refractivity contribution is -0.118. The fourth-order valence-corrected chi connectivity index (χ4v) is 2.03. The normalized spacial score (nSPS) is 10.0. The minimum atomic E-state index is -1.01. The quantitative estimate of drug-likeness (QED) is 0.800. The number of thiazole rings is 1. The summed E-state index contributed by atoms with van der Waals surface area (Å²) in [4.78, 5) is 26.0. The van der Waals surface area contributed by atoms with Crippen LogP contribution in [0.5, 0.6) is 0 Å². The molecule has 0 fully saturated rings. The van der Waals surface area contributed by atoms with Crippen LogP contribution in [0.4, 0.5) is 0 Å². The van der Waals surface area contributed by atoms with Crippen molar-refractivity contribution in [1.82, 2.24) is 10.3 Å². The molecule has 0 aliphatic carbocycles. The first kappa shape index (κ1) is 11.6. The zero-order chi connectivity index (χ0) is 11.4. The molecule has 2 N–H and O–H groups in total. The van der Waals surface area contributed by atoms with Gasteiger partial charge in [-0.05, 0) is 6.92 Å². The molecule has 5 nitrogen and oxygen atoms in total. The van der Waals surface area contributed by atoms with Gasteiger partial charge in [0.25, 0.3) is 0 Å². The average Bonchev–Trinajstić information content (AvgIpc) is 2.46. The SMILES string of the molecule is CC(=O)NCCc1nc(C(=O)O)c(C)s1. The van der Waals surface area contributed by atoms with E-state index >= 15 is 0 Å². The first-order valence-electron chi connectivity index (χ1n) is 4.44. The Kier molecular flexibility index (Phi) is 3.79. The Balaban J connectivity index is 2.59. The molecule has 1 rings (SSSR count). The number of carbonyl (C=O) groups is 2. The summed E-state index contributed by atoms with van der Waals surface area (Å²) in [5.41, 5.74) is 0.109. The topological polar surface area (TPSA) is 79.3 Å². The lowest BCUT2D eigenvalue weighted by atomic mass is 10.4. The van der Waals surface area contributed by atoms with Crippen LogP contribution in [0, 0.1) is 6.92 Å². The number of aromatic nitrogens is 1. The number of carboxylic acid groups (broad SMARTS) is 1. The van der Waals surface area contributed by atoms with E-state index in [2.05, 4.69) is 10.3 Å². The molecule has 0 aromatic carbocycles. The highest BCUT2D eigenvalue weighted by Gasteiger charge is 2.13. The van der Waals surface area contributed by atoms with Gasteiger partial charge in [0.1, 0.15) is 0 Å². The molecule has 6 heteroatoms. The molecule has 0 saturated heterocycles. The molecule has 0 saturated carbocycles. The first-order valence-corrected chi connectivity index (χ1v) is 5.26. The van der Waals surface area contributed by atoms with E-state index in [4.69, 9.17) is 5.11 Å². The fraction of sp³-hybridized carbons (Fsp3) is 0.444. The smallest absolute Gasteiger partial charge is 0.355 e. The van der Waals surface area contributed by atoms with E-state index in [0.717, 1.165) is 5.01 Å². The number of aromatic carboxylic acids is 1. The molecule has 1 heterocycles. The van der Waals surface area contributed by atoms with E-state index in [1.807, 2.05) is 0 Å². The van der Waals surface area contributed by atoms with Gasteiger partial charge in [0.05, 0.1) is 5.01 Å². The maximum atomic E-state index is 10.7. The van der Waals surface area contributed by atoms with Crippen molar-refractivity contribution in [3.8, 4) is 0 Å². The van der Waals surface area contributed by atoms with Crippen molar-refractivity contribution in [2.45, 2.75) is 20.3 Å². The van der Waals surface area contributed by atoms with Crippen molar-refractivity contribution in [3.63, 3.8) is 0 Å². The van der Waals surface area contributed by atoms with Crippen LogP contribution in [-0.2, 0) is 11.2 Å². The van der Waals surface area contributed by atoms with E-state index in [1.165, 1.54) is 18.3 Å². The minimum absolute atomic E-state index is 0.0956. The molecule has 15 heavy (non-hydrogen) atoms. The molecule has 82 valence electrons. The summed E-state index contributed by atoms with van der Waals surface area (Å²) in [5, 5.41) is 12.1. The molecule has 0 aliphatic rings. The Hall–Kier alpha value is -1.43. The van der Waals surface area contributed by atoms with Crippen LogP contribution in [0.15, 0.2) is 0 Å². The Morgan fingerprint density at radius 3 is 2.67 bits per heavy atom. The number of aryl methyl sites for hydroxylation is 1. The van der Waals surface area contributed by atoms with Gasteiger partial charge in [-0.2, -0.15) is 0 Å². The average molecular weight is 228 g/mol. The second kappa shape index (κ2) is 4.88. The number of amides is 1. The van der Waals surface area contributed by atoms with Crippen LogP contribution in [0.25, 0.3) is 0 Å². The summed E-state index contributed by atoms with van der Waals surface area (Å²) in [7, 11) is 0. The Morgan fingerprint density at radius 1 is 1.53 bits per heavy atom. The highest BCUT2D eigenvalue weighted by molar-refractivity contribution is 7.11. The second-order valence-corrected chi connectivity index (χ2v) is 4.34. The van der Waals surface area contributed by atoms with Crippen LogP contribution < -0.4 is 5.32 Å². The summed E-state index contributed by atoms with van der Waals surface area (Å²) < 4.78 is 0. The van der Waals surface area contributed by atoms with Crippen molar-refractivity contribution in [3.05, 3.63) is 15.6 Å². The van der Waals surface area contributed by atoms with E-state index < -0.39 is 5.97 Å². The number of rotatable bonds is 4. The van der Waals surface area contributed by atoms with Gasteiger partial charge in [0, 0.05) is 24.8 Å². The Bertz CT molecular complexity index is 387. The first-order chi connectivity index (χ1) is 7.00. The van der Waals surface area contributed by atoms with Crippen LogP contribution in [0.1, 0.15) is 27.3 Å². The molecule has 0 radical (unpaired) electrons. The number of carboxylic acids is 1. The summed E-state index contributed by atoms with van der Waals surface area (Å²) in [6.07, 6.45) is 0.568. The minimum Gasteiger partial charge on any atom is -0.476 e. The lowest BCUT2D eigenvalue weighted by Gasteiger charge is -1.97. The van der Waals surface area contributed by atoms with Crippen LogP contribution in [-0.4, -0.2) is 28.5 Å².